The van der Waals surface area contributed by atoms with Gasteiger partial charge in [-0.05, 0) is 19.9 Å². The lowest BCUT2D eigenvalue weighted by Gasteiger charge is -1.81. The molecule has 0 saturated carbocycles. The van der Waals surface area contributed by atoms with Gasteiger partial charge in [-0.1, -0.05) is 21.3 Å². The van der Waals surface area contributed by atoms with Crippen LogP contribution in [0.4, 0.5) is 0 Å². The predicted octanol–water partition coefficient (Wildman–Crippen LogP) is 2.04. The number of rotatable bonds is 0. The summed E-state index contributed by atoms with van der Waals surface area (Å²) in [6.45, 7) is 7.39. The third kappa shape index (κ3) is 1770. The molecule has 0 aliphatic rings. The Morgan fingerprint density at radius 1 is 1.33 bits per heavy atom. The minimum atomic E-state index is 0. The van der Waals surface area contributed by atoms with E-state index in [0.717, 1.165) is 0 Å². The summed E-state index contributed by atoms with van der Waals surface area (Å²) in [5, 5.41) is 6.50. The maximum Gasteiger partial charge on any atom is 0.00272 e. The first kappa shape index (κ1) is 15.9. The van der Waals surface area contributed by atoms with Crippen molar-refractivity contribution in [2.24, 2.45) is 5.73 Å². The third-order valence-electron chi connectivity index (χ3n) is 0. The van der Waals surface area contributed by atoms with Gasteiger partial charge >= 0.3 is 0 Å². The fourth-order valence-electron chi connectivity index (χ4n) is 0. The van der Waals surface area contributed by atoms with Gasteiger partial charge in [-0.2, -0.15) is 0 Å². The Labute approximate surface area is 59.0 Å². The molecule has 0 unspecified atom stereocenters. The van der Waals surface area contributed by atoms with Crippen LogP contribution in [0.5, 0.6) is 0 Å². The van der Waals surface area contributed by atoms with Crippen LogP contribution in [0.2, 0.25) is 0 Å². The molecule has 0 aromatic carbocycles. The van der Waals surface area contributed by atoms with Crippen molar-refractivity contribution >= 4 is 5.71 Å². The Balaban J connectivity index is -0.0000000720. The summed E-state index contributed by atoms with van der Waals surface area (Å²) in [6, 6.07) is 0.333. The molecule has 2 nitrogen and oxygen atoms in total. The molecule has 3 N–H and O–H groups in total. The molecule has 0 aliphatic heterocycles. The standard InChI is InChI=1S/C3H9N.C3H7N.CH4/c2*1-3(2)4;/h3H,4H2,1-2H3;4H,1-2H3;1H4. The van der Waals surface area contributed by atoms with Crippen molar-refractivity contribution in [3.05, 3.63) is 0 Å². The minimum Gasteiger partial charge on any atom is -0.328 e. The Bertz CT molecular complexity index is 51.2. The van der Waals surface area contributed by atoms with Gasteiger partial charge < -0.3 is 11.1 Å². The van der Waals surface area contributed by atoms with E-state index in [0.29, 0.717) is 11.8 Å². The van der Waals surface area contributed by atoms with Crippen molar-refractivity contribution < 1.29 is 0 Å². The highest BCUT2D eigenvalue weighted by molar-refractivity contribution is 5.75. The van der Waals surface area contributed by atoms with Gasteiger partial charge in [0.05, 0.1) is 0 Å². The molecule has 0 fully saturated rings. The molecule has 0 aromatic heterocycles. The SMILES string of the molecule is C.CC(C)=N.CC(C)N. The molecular formula is C7H20N2. The van der Waals surface area contributed by atoms with Crippen molar-refractivity contribution in [2.45, 2.75) is 41.2 Å². The van der Waals surface area contributed by atoms with Crippen LogP contribution < -0.4 is 5.73 Å². The molecule has 0 heterocycles. The van der Waals surface area contributed by atoms with Crippen LogP contribution >= 0.6 is 0 Å². The van der Waals surface area contributed by atoms with Crippen LogP contribution in [0.3, 0.4) is 0 Å². The van der Waals surface area contributed by atoms with E-state index >= 15 is 0 Å². The van der Waals surface area contributed by atoms with Crippen LogP contribution in [0.1, 0.15) is 35.1 Å². The van der Waals surface area contributed by atoms with Crippen LogP contribution in [-0.4, -0.2) is 11.8 Å². The van der Waals surface area contributed by atoms with Crippen LogP contribution in [0, 0.1) is 5.41 Å². The Morgan fingerprint density at radius 2 is 1.33 bits per heavy atom. The lowest BCUT2D eigenvalue weighted by atomic mass is 10.5. The zero-order valence-corrected chi connectivity index (χ0v) is 6.15. The van der Waals surface area contributed by atoms with E-state index in [2.05, 4.69) is 0 Å². The second-order valence-electron chi connectivity index (χ2n) is 2.24. The van der Waals surface area contributed by atoms with Crippen LogP contribution in [-0.2, 0) is 0 Å². The Morgan fingerprint density at radius 3 is 1.33 bits per heavy atom. The van der Waals surface area contributed by atoms with E-state index in [1.54, 1.807) is 13.8 Å². The summed E-state index contributed by atoms with van der Waals surface area (Å²) in [7, 11) is 0. The smallest absolute Gasteiger partial charge is 0.00272 e. The average molecular weight is 132 g/mol. The van der Waals surface area contributed by atoms with E-state index in [1.807, 2.05) is 13.8 Å². The lowest BCUT2D eigenvalue weighted by molar-refractivity contribution is 0.834. The summed E-state index contributed by atoms with van der Waals surface area (Å²) in [6.07, 6.45) is 0. The molecule has 58 valence electrons. The third-order valence-corrected chi connectivity index (χ3v) is 0. The van der Waals surface area contributed by atoms with E-state index in [1.165, 1.54) is 0 Å². The van der Waals surface area contributed by atoms with Gasteiger partial charge in [0.2, 0.25) is 0 Å². The summed E-state index contributed by atoms with van der Waals surface area (Å²) in [5.41, 5.74) is 5.78. The van der Waals surface area contributed by atoms with Gasteiger partial charge in [0.25, 0.3) is 0 Å². The molecule has 0 aromatic rings. The zero-order valence-electron chi connectivity index (χ0n) is 6.15. The highest BCUT2D eigenvalue weighted by Gasteiger charge is 1.67. The fourth-order valence-corrected chi connectivity index (χ4v) is 0. The number of nitrogens with one attached hydrogen (secondary N) is 1. The molecule has 0 aliphatic carbocycles. The van der Waals surface area contributed by atoms with E-state index in [9.17, 15) is 0 Å². The van der Waals surface area contributed by atoms with E-state index in [4.69, 9.17) is 11.1 Å². The second-order valence-corrected chi connectivity index (χ2v) is 2.24. The Hall–Kier alpha value is -0.370. The topological polar surface area (TPSA) is 49.9 Å². The van der Waals surface area contributed by atoms with Gasteiger partial charge in [0.1, 0.15) is 0 Å². The van der Waals surface area contributed by atoms with Gasteiger partial charge in [-0.25, -0.2) is 0 Å². The minimum absolute atomic E-state index is 0. The maximum absolute atomic E-state index is 6.50. The number of hydrogen-bond acceptors (Lipinski definition) is 2. The first-order valence-corrected chi connectivity index (χ1v) is 2.74. The highest BCUT2D eigenvalue weighted by Crippen LogP contribution is 1.58. The van der Waals surface area contributed by atoms with Crippen molar-refractivity contribution in [3.8, 4) is 0 Å². The van der Waals surface area contributed by atoms with Gasteiger partial charge in [0, 0.05) is 5.71 Å². The van der Waals surface area contributed by atoms with Crippen molar-refractivity contribution in [1.29, 1.82) is 5.41 Å². The van der Waals surface area contributed by atoms with Crippen molar-refractivity contribution in [3.63, 3.8) is 0 Å². The second kappa shape index (κ2) is 10.6. The van der Waals surface area contributed by atoms with Gasteiger partial charge in [-0.3, -0.25) is 0 Å². The maximum atomic E-state index is 6.50. The van der Waals surface area contributed by atoms with Crippen LogP contribution in [0.15, 0.2) is 0 Å². The summed E-state index contributed by atoms with van der Waals surface area (Å²) in [5.74, 6) is 0. The van der Waals surface area contributed by atoms with Gasteiger partial charge in [-0.15, -0.1) is 0 Å². The molecule has 0 atom stereocenters. The first-order chi connectivity index (χ1) is 3.46. The first-order valence-electron chi connectivity index (χ1n) is 2.74. The van der Waals surface area contributed by atoms with E-state index in [-0.39, 0.29) is 7.43 Å². The molecule has 0 rings (SSSR count). The molecule has 0 radical (unpaired) electrons. The summed E-state index contributed by atoms with van der Waals surface area (Å²) in [4.78, 5) is 0. The average Bonchev–Trinajstić information content (AvgIpc) is 1.25. The molecule has 0 saturated heterocycles. The monoisotopic (exact) mass is 132 g/mol. The molecular weight excluding hydrogens is 112 g/mol. The number of nitrogens with two attached hydrogens (primary N) is 1. The largest absolute Gasteiger partial charge is 0.328 e. The van der Waals surface area contributed by atoms with Crippen LogP contribution in [0.25, 0.3) is 0 Å². The highest BCUT2D eigenvalue weighted by atomic mass is 14.6. The molecule has 0 amide bonds. The summed E-state index contributed by atoms with van der Waals surface area (Å²) < 4.78 is 0. The molecule has 0 spiro atoms. The fraction of sp³-hybridized carbons (Fsp3) is 0.857. The van der Waals surface area contributed by atoms with E-state index < -0.39 is 0 Å². The molecule has 2 heteroatoms. The molecule has 0 bridgehead atoms. The quantitative estimate of drug-likeness (QED) is 0.487. The normalized spacial score (nSPS) is 6.89. The zero-order chi connectivity index (χ0) is 7.15. The van der Waals surface area contributed by atoms with Crippen molar-refractivity contribution in [1.82, 2.24) is 0 Å². The Kier molecular flexibility index (Phi) is 18.6. The predicted molar refractivity (Wildman–Crippen MR) is 45.1 cm³/mol. The van der Waals surface area contributed by atoms with Gasteiger partial charge in [0.15, 0.2) is 0 Å². The summed E-state index contributed by atoms with van der Waals surface area (Å²) >= 11 is 0. The number of hydrogen-bond donors (Lipinski definition) is 2. The van der Waals surface area contributed by atoms with Crippen molar-refractivity contribution in [2.75, 3.05) is 0 Å². The molecule has 9 heavy (non-hydrogen) atoms. The lowest BCUT2D eigenvalue weighted by Crippen LogP contribution is -2.06.